The van der Waals surface area contributed by atoms with Crippen LogP contribution in [0.3, 0.4) is 0 Å². The Morgan fingerprint density at radius 2 is 1.77 bits per heavy atom. The number of rotatable bonds is 10. The van der Waals surface area contributed by atoms with Gasteiger partial charge in [0.05, 0.1) is 0 Å². The predicted molar refractivity (Wildman–Crippen MR) is 178 cm³/mol. The number of hydrogen-bond donors (Lipinski definition) is 0. The highest BCUT2D eigenvalue weighted by Gasteiger charge is 2.59. The molecule has 0 saturated heterocycles. The molecule has 8 atom stereocenters. The molecule has 40 heavy (non-hydrogen) atoms. The molecule has 4 aliphatic carbocycles. The molecule has 0 heterocycles. The first-order valence-electron chi connectivity index (χ1n) is 16.8. The zero-order chi connectivity index (χ0) is 28.3. The summed E-state index contributed by atoms with van der Waals surface area (Å²) in [5.74, 6) is 6.44. The van der Waals surface area contributed by atoms with E-state index in [4.69, 9.17) is 17.0 Å². The van der Waals surface area contributed by atoms with Crippen LogP contribution >= 0.6 is 24.0 Å². The summed E-state index contributed by atoms with van der Waals surface area (Å²) in [4.78, 5) is 0. The standard InChI is InChI=1S/C37H56OS2/c1-26(2)11-9-12-27(3)32-18-19-33-31-17-16-29-25-30(20-22-36(29,4)34(31)21-23-37(32,33)5)38-35(39)40-24-10-15-28-13-7-6-8-14-28/h6-8,13-14,16,26-27,30-34H,9-12,15,17-25H2,1-5H3/t27-,30+,31+,32-,33+,34+,36+,37-/m1/s1. The van der Waals surface area contributed by atoms with Crippen LogP contribution in [-0.4, -0.2) is 16.2 Å². The van der Waals surface area contributed by atoms with E-state index in [1.807, 2.05) is 0 Å². The smallest absolute Gasteiger partial charge is 0.220 e. The number of hydrogen-bond acceptors (Lipinski definition) is 3. The first-order chi connectivity index (χ1) is 19.2. The highest BCUT2D eigenvalue weighted by atomic mass is 32.2. The van der Waals surface area contributed by atoms with Gasteiger partial charge in [0.1, 0.15) is 6.10 Å². The third-order valence-corrected chi connectivity index (χ3v) is 13.5. The molecule has 222 valence electrons. The molecule has 0 radical (unpaired) electrons. The molecule has 0 aliphatic heterocycles. The van der Waals surface area contributed by atoms with Crippen molar-refractivity contribution in [2.75, 3.05) is 5.75 Å². The topological polar surface area (TPSA) is 9.23 Å². The van der Waals surface area contributed by atoms with Crippen LogP contribution in [0, 0.1) is 46.3 Å². The van der Waals surface area contributed by atoms with Gasteiger partial charge >= 0.3 is 0 Å². The monoisotopic (exact) mass is 580 g/mol. The van der Waals surface area contributed by atoms with Crippen molar-refractivity contribution in [3.05, 3.63) is 47.5 Å². The van der Waals surface area contributed by atoms with Gasteiger partial charge < -0.3 is 4.74 Å². The SMILES string of the molecule is CC(C)CCC[C@@H](C)[C@H]1CC[C@H]2[C@@H]3CC=C4C[C@@H](OC(=S)SCCCc5ccccc5)CC[C@]4(C)[C@H]3CC[C@]12C. The number of thiocarbonyl (C=S) groups is 1. The fraction of sp³-hybridized carbons (Fsp3) is 0.757. The second-order valence-corrected chi connectivity index (χ2v) is 16.7. The van der Waals surface area contributed by atoms with Gasteiger partial charge in [-0.1, -0.05) is 108 Å². The summed E-state index contributed by atoms with van der Waals surface area (Å²) in [6, 6.07) is 10.8. The van der Waals surface area contributed by atoms with Crippen molar-refractivity contribution in [1.82, 2.24) is 0 Å². The molecule has 0 aromatic heterocycles. The van der Waals surface area contributed by atoms with Gasteiger partial charge in [0.25, 0.3) is 0 Å². The fourth-order valence-corrected chi connectivity index (χ4v) is 11.0. The van der Waals surface area contributed by atoms with Crippen molar-refractivity contribution in [2.24, 2.45) is 46.3 Å². The maximum atomic E-state index is 6.40. The Labute approximate surface area is 256 Å². The van der Waals surface area contributed by atoms with Gasteiger partial charge in [-0.05, 0) is 122 Å². The van der Waals surface area contributed by atoms with Gasteiger partial charge in [-0.25, -0.2) is 0 Å². The summed E-state index contributed by atoms with van der Waals surface area (Å²) in [7, 11) is 0. The molecule has 3 heteroatoms. The lowest BCUT2D eigenvalue weighted by atomic mass is 9.47. The first kappa shape index (κ1) is 30.7. The average molecular weight is 581 g/mol. The van der Waals surface area contributed by atoms with Crippen LogP contribution in [0.5, 0.6) is 0 Å². The number of allylic oxidation sites excluding steroid dienone is 1. The maximum Gasteiger partial charge on any atom is 0.220 e. The molecule has 1 aromatic rings. The first-order valence-corrected chi connectivity index (χ1v) is 18.2. The lowest BCUT2D eigenvalue weighted by molar-refractivity contribution is -0.0561. The molecular formula is C37H56OS2. The average Bonchev–Trinajstić information content (AvgIpc) is 3.29. The summed E-state index contributed by atoms with van der Waals surface area (Å²) in [5, 5.41) is 0. The van der Waals surface area contributed by atoms with Crippen molar-refractivity contribution >= 4 is 28.4 Å². The van der Waals surface area contributed by atoms with E-state index in [0.717, 1.165) is 64.9 Å². The lowest BCUT2D eigenvalue weighted by Gasteiger charge is -2.58. The second-order valence-electron chi connectivity index (χ2n) is 15.0. The number of thioether (sulfide) groups is 1. The van der Waals surface area contributed by atoms with Crippen LogP contribution in [-0.2, 0) is 11.2 Å². The fourth-order valence-electron chi connectivity index (χ4n) is 10.00. The van der Waals surface area contributed by atoms with Crippen LogP contribution in [0.25, 0.3) is 0 Å². The molecule has 0 N–H and O–H groups in total. The maximum absolute atomic E-state index is 6.40. The summed E-state index contributed by atoms with van der Waals surface area (Å²) >= 11 is 7.43. The van der Waals surface area contributed by atoms with Gasteiger partial charge in [-0.15, -0.1) is 0 Å². The molecule has 5 rings (SSSR count). The molecule has 0 spiro atoms. The van der Waals surface area contributed by atoms with Crippen molar-refractivity contribution in [1.29, 1.82) is 0 Å². The second kappa shape index (κ2) is 13.2. The van der Waals surface area contributed by atoms with Crippen LogP contribution in [0.4, 0.5) is 0 Å². The lowest BCUT2D eigenvalue weighted by Crippen LogP contribution is -2.51. The number of fused-ring (bicyclic) bond motifs is 5. The minimum Gasteiger partial charge on any atom is -0.475 e. The van der Waals surface area contributed by atoms with Crippen LogP contribution in [0.1, 0.15) is 117 Å². The molecule has 0 amide bonds. The Morgan fingerprint density at radius 1 is 0.975 bits per heavy atom. The molecule has 0 bridgehead atoms. The van der Waals surface area contributed by atoms with Crippen molar-refractivity contribution in [3.8, 4) is 0 Å². The van der Waals surface area contributed by atoms with E-state index in [9.17, 15) is 0 Å². The highest BCUT2D eigenvalue weighted by Crippen LogP contribution is 2.67. The Bertz CT molecular complexity index is 1020. The van der Waals surface area contributed by atoms with Gasteiger partial charge in [0, 0.05) is 12.2 Å². The van der Waals surface area contributed by atoms with E-state index in [1.54, 1.807) is 17.3 Å². The van der Waals surface area contributed by atoms with E-state index in [-0.39, 0.29) is 6.10 Å². The highest BCUT2D eigenvalue weighted by molar-refractivity contribution is 8.22. The molecule has 4 aliphatic rings. The van der Waals surface area contributed by atoms with E-state index in [0.29, 0.717) is 10.8 Å². The van der Waals surface area contributed by atoms with Gasteiger partial charge in [0.2, 0.25) is 4.38 Å². The Kier molecular flexibility index (Phi) is 10.1. The molecular weight excluding hydrogens is 525 g/mol. The number of benzene rings is 1. The van der Waals surface area contributed by atoms with Gasteiger partial charge in [-0.2, -0.15) is 0 Å². The Morgan fingerprint density at radius 3 is 2.55 bits per heavy atom. The molecule has 3 fully saturated rings. The predicted octanol–water partition coefficient (Wildman–Crippen LogP) is 11.1. The van der Waals surface area contributed by atoms with Gasteiger partial charge in [-0.3, -0.25) is 0 Å². The van der Waals surface area contributed by atoms with E-state index in [2.05, 4.69) is 71.0 Å². The third-order valence-electron chi connectivity index (χ3n) is 12.2. The van der Waals surface area contributed by atoms with Gasteiger partial charge in [0.15, 0.2) is 0 Å². The van der Waals surface area contributed by atoms with Crippen LogP contribution in [0.2, 0.25) is 0 Å². The van der Waals surface area contributed by atoms with E-state index in [1.165, 1.54) is 69.8 Å². The molecule has 1 aromatic carbocycles. The quantitative estimate of drug-likeness (QED) is 0.155. The summed E-state index contributed by atoms with van der Waals surface area (Å²) in [6.45, 7) is 12.7. The zero-order valence-electron chi connectivity index (χ0n) is 26.1. The van der Waals surface area contributed by atoms with Crippen LogP contribution < -0.4 is 0 Å². The number of aryl methyl sites for hydroxylation is 1. The minimum absolute atomic E-state index is 0.279. The molecule has 3 saturated carbocycles. The summed E-state index contributed by atoms with van der Waals surface area (Å²) < 4.78 is 7.17. The van der Waals surface area contributed by atoms with E-state index >= 15 is 0 Å². The minimum atomic E-state index is 0.279. The van der Waals surface area contributed by atoms with Crippen molar-refractivity contribution in [2.45, 2.75) is 124 Å². The molecule has 0 unspecified atom stereocenters. The molecule has 1 nitrogen and oxygen atoms in total. The summed E-state index contributed by atoms with van der Waals surface area (Å²) in [5.41, 5.74) is 4.08. The van der Waals surface area contributed by atoms with E-state index < -0.39 is 0 Å². The van der Waals surface area contributed by atoms with Crippen molar-refractivity contribution < 1.29 is 4.74 Å². The van der Waals surface area contributed by atoms with Crippen LogP contribution in [0.15, 0.2) is 42.0 Å². The van der Waals surface area contributed by atoms with Crippen molar-refractivity contribution in [3.63, 3.8) is 0 Å². The third kappa shape index (κ3) is 6.56. The summed E-state index contributed by atoms with van der Waals surface area (Å²) in [6.07, 6.45) is 20.2. The Hall–Kier alpha value is -0.800. The number of ether oxygens (including phenoxy) is 1. The normalized spacial score (nSPS) is 35.9. The largest absolute Gasteiger partial charge is 0.475 e. The zero-order valence-corrected chi connectivity index (χ0v) is 27.8. The Balaban J connectivity index is 1.14.